The Balaban J connectivity index is 1.37. The van der Waals surface area contributed by atoms with Crippen molar-refractivity contribution in [2.24, 2.45) is 0 Å². The number of fused-ring (bicyclic) bond motifs is 5. The number of carbonyl (C=O) groups is 1. The van der Waals surface area contributed by atoms with Gasteiger partial charge in [0, 0.05) is 25.7 Å². The Hall–Kier alpha value is -6.07. The summed E-state index contributed by atoms with van der Waals surface area (Å²) in [6.07, 6.45) is 1.75. The summed E-state index contributed by atoms with van der Waals surface area (Å²) in [6.45, 7) is 30.1. The molecule has 0 atom stereocenters. The van der Waals surface area contributed by atoms with Gasteiger partial charge in [-0.15, -0.1) is 0 Å². The monoisotopic (exact) mass is 1020 g/mol. The summed E-state index contributed by atoms with van der Waals surface area (Å²) in [5.41, 5.74) is 11.2. The van der Waals surface area contributed by atoms with E-state index in [9.17, 15) is 15.0 Å². The number of rotatable bonds is 6. The lowest BCUT2D eigenvalue weighted by atomic mass is 9.79. The van der Waals surface area contributed by atoms with Crippen LogP contribution in [0.15, 0.2) is 84.9 Å². The Bertz CT molecular complexity index is 3010. The zero-order chi connectivity index (χ0) is 53.9. The quantitative estimate of drug-likeness (QED) is 0.156. The molecule has 8 rings (SSSR count). The van der Waals surface area contributed by atoms with Crippen molar-refractivity contribution in [3.05, 3.63) is 157 Å². The van der Waals surface area contributed by atoms with E-state index in [0.717, 1.165) is 77.9 Å². The van der Waals surface area contributed by atoms with Crippen molar-refractivity contribution in [2.75, 3.05) is 66.1 Å². The smallest absolute Gasteiger partial charge is 0.339 e. The first-order valence-corrected chi connectivity index (χ1v) is 26.8. The first-order chi connectivity index (χ1) is 35.4. The molecule has 0 spiro atoms. The van der Waals surface area contributed by atoms with E-state index >= 15 is 0 Å². The van der Waals surface area contributed by atoms with Gasteiger partial charge in [0.05, 0.1) is 39.6 Å². The van der Waals surface area contributed by atoms with Gasteiger partial charge < -0.3 is 43.4 Å². The SMILES string of the molecule is CC(C)(C)c1cc2c(O)c(c1)Cc1cc(C(C)(C)C)cc(c1OCCOc1cc3ccccc3cc1C(=O)O)Cc1cc(C(C)(C)C)cc3c1OCCOCCOCCOCCOc1c(cc(C(C)(C)C)cc1C3)C2. The van der Waals surface area contributed by atoms with Crippen LogP contribution in [0.3, 0.4) is 0 Å². The molecule has 0 saturated heterocycles. The highest BCUT2D eigenvalue weighted by Gasteiger charge is 2.29. The predicted molar refractivity (Wildman–Crippen MR) is 299 cm³/mol. The van der Waals surface area contributed by atoms with Gasteiger partial charge in [-0.25, -0.2) is 4.79 Å². The largest absolute Gasteiger partial charge is 0.507 e. The molecule has 1 aliphatic heterocycles. The van der Waals surface area contributed by atoms with E-state index in [0.29, 0.717) is 84.3 Å². The van der Waals surface area contributed by atoms with E-state index in [2.05, 4.69) is 132 Å². The van der Waals surface area contributed by atoms with E-state index in [1.165, 1.54) is 11.1 Å². The first-order valence-electron chi connectivity index (χ1n) is 26.8. The highest BCUT2D eigenvalue weighted by Crippen LogP contribution is 2.44. The number of benzene rings is 6. The number of carboxylic acids is 1. The van der Waals surface area contributed by atoms with Gasteiger partial charge in [-0.05, 0) is 111 Å². The second kappa shape index (κ2) is 22.6. The van der Waals surface area contributed by atoms with E-state index < -0.39 is 5.97 Å². The molecule has 10 heteroatoms. The molecule has 6 aromatic carbocycles. The van der Waals surface area contributed by atoms with Crippen LogP contribution in [-0.2, 0) is 61.6 Å². The fourth-order valence-corrected chi connectivity index (χ4v) is 9.94. The second-order valence-corrected chi connectivity index (χ2v) is 24.5. The minimum absolute atomic E-state index is 0.0846. The number of carboxylic acid groups (broad SMARTS) is 1. The van der Waals surface area contributed by atoms with Crippen LogP contribution in [0.25, 0.3) is 10.8 Å². The maximum atomic E-state index is 12.8. The number of phenols is 1. The molecule has 0 amide bonds. The standard InChI is InChI=1S/C65H80O10/c1-62(2,3)51-31-43-27-45-33-52(63(4,5)6)35-47-29-49-37-54(65(10,11)12)38-50(60(49)74-24-22-71-20-18-69-17-19-70-21-23-73-58(45)47)30-48-36-53(64(7,8)9)34-46(28-44(32-51)57(43)66)59(48)75-26-25-72-56-40-42-16-14-13-15-41(42)39-55(56)61(67)68/h13-16,31-40,66H,17-30H2,1-12H3,(H,67,68). The van der Waals surface area contributed by atoms with Crippen molar-refractivity contribution in [1.82, 2.24) is 0 Å². The molecule has 1 heterocycles. The molecule has 0 fully saturated rings. The number of aromatic hydroxyl groups is 1. The number of phenolic OH excluding ortho intramolecular Hbond substituents is 1. The Kier molecular flexibility index (Phi) is 16.7. The van der Waals surface area contributed by atoms with Crippen molar-refractivity contribution in [2.45, 2.75) is 130 Å². The zero-order valence-electron chi connectivity index (χ0n) is 46.6. The predicted octanol–water partition coefficient (Wildman–Crippen LogP) is 13.4. The van der Waals surface area contributed by atoms with Gasteiger partial charge in [0.2, 0.25) is 0 Å². The molecule has 400 valence electrons. The Morgan fingerprint density at radius 1 is 0.453 bits per heavy atom. The number of ether oxygens (including phenoxy) is 7. The van der Waals surface area contributed by atoms with Gasteiger partial charge in [0.15, 0.2) is 0 Å². The summed E-state index contributed by atoms with van der Waals surface area (Å²) in [5, 5.41) is 24.7. The van der Waals surface area contributed by atoms with E-state index in [-0.39, 0.29) is 51.9 Å². The minimum Gasteiger partial charge on any atom is -0.507 e. The van der Waals surface area contributed by atoms with E-state index in [1.54, 1.807) is 12.1 Å². The van der Waals surface area contributed by atoms with Crippen LogP contribution in [0.4, 0.5) is 0 Å². The lowest BCUT2D eigenvalue weighted by Crippen LogP contribution is -2.19. The molecule has 2 N–H and O–H groups in total. The third-order valence-electron chi connectivity index (χ3n) is 14.3. The number of hydrogen-bond acceptors (Lipinski definition) is 9. The molecule has 6 aromatic rings. The van der Waals surface area contributed by atoms with Crippen LogP contribution < -0.4 is 18.9 Å². The Morgan fingerprint density at radius 2 is 0.787 bits per heavy atom. The van der Waals surface area contributed by atoms with Crippen molar-refractivity contribution >= 4 is 16.7 Å². The summed E-state index contributed by atoms with van der Waals surface area (Å²) in [6, 6.07) is 29.1. The van der Waals surface area contributed by atoms with Crippen LogP contribution >= 0.6 is 0 Å². The topological polar surface area (TPSA) is 122 Å². The van der Waals surface area contributed by atoms with Crippen LogP contribution in [0.5, 0.6) is 28.7 Å². The molecule has 0 unspecified atom stereocenters. The van der Waals surface area contributed by atoms with Crippen molar-refractivity contribution in [1.29, 1.82) is 0 Å². The van der Waals surface area contributed by atoms with Crippen LogP contribution in [-0.4, -0.2) is 82.3 Å². The van der Waals surface area contributed by atoms with Gasteiger partial charge in [-0.3, -0.25) is 0 Å². The Morgan fingerprint density at radius 3 is 1.20 bits per heavy atom. The van der Waals surface area contributed by atoms with Gasteiger partial charge >= 0.3 is 5.97 Å². The van der Waals surface area contributed by atoms with E-state index in [4.69, 9.17) is 33.2 Å². The average molecular weight is 1020 g/mol. The molecule has 0 saturated carbocycles. The zero-order valence-corrected chi connectivity index (χ0v) is 46.6. The van der Waals surface area contributed by atoms with Gasteiger partial charge in [0.1, 0.15) is 60.7 Å². The molecular weight excluding hydrogens is 941 g/mol. The Labute approximate surface area is 445 Å². The van der Waals surface area contributed by atoms with Crippen LogP contribution in [0.1, 0.15) is 160 Å². The fourth-order valence-electron chi connectivity index (χ4n) is 9.94. The lowest BCUT2D eigenvalue weighted by Gasteiger charge is -2.29. The molecule has 0 radical (unpaired) electrons. The number of aromatic carboxylic acids is 1. The molecule has 75 heavy (non-hydrogen) atoms. The van der Waals surface area contributed by atoms with Crippen molar-refractivity contribution in [3.8, 4) is 28.7 Å². The molecular formula is C65H80O10. The maximum Gasteiger partial charge on any atom is 0.339 e. The molecule has 10 nitrogen and oxygen atoms in total. The van der Waals surface area contributed by atoms with E-state index in [1.807, 2.05) is 24.3 Å². The third kappa shape index (κ3) is 13.5. The normalized spacial score (nSPS) is 15.4. The van der Waals surface area contributed by atoms with Crippen molar-refractivity contribution in [3.63, 3.8) is 0 Å². The summed E-state index contributed by atoms with van der Waals surface area (Å²) < 4.78 is 45.3. The molecule has 1 aliphatic carbocycles. The summed E-state index contributed by atoms with van der Waals surface area (Å²) in [5.74, 6) is 1.72. The highest BCUT2D eigenvalue weighted by molar-refractivity contribution is 5.97. The van der Waals surface area contributed by atoms with Gasteiger partial charge in [0.25, 0.3) is 0 Å². The average Bonchev–Trinajstić information content (AvgIpc) is 3.33. The van der Waals surface area contributed by atoms with Crippen LogP contribution in [0.2, 0.25) is 0 Å². The summed E-state index contributed by atoms with van der Waals surface area (Å²) >= 11 is 0. The summed E-state index contributed by atoms with van der Waals surface area (Å²) in [4.78, 5) is 12.5. The van der Waals surface area contributed by atoms with Crippen LogP contribution in [0, 0.1) is 0 Å². The molecule has 0 aromatic heterocycles. The third-order valence-corrected chi connectivity index (χ3v) is 14.3. The highest BCUT2D eigenvalue weighted by atomic mass is 16.6. The first kappa shape index (κ1) is 55.2. The minimum atomic E-state index is -1.06. The second-order valence-electron chi connectivity index (χ2n) is 24.5. The molecule has 2 aliphatic rings. The van der Waals surface area contributed by atoms with Gasteiger partial charge in [-0.1, -0.05) is 156 Å². The number of hydrogen-bond donors (Lipinski definition) is 2. The van der Waals surface area contributed by atoms with Gasteiger partial charge in [-0.2, -0.15) is 0 Å². The summed E-state index contributed by atoms with van der Waals surface area (Å²) in [7, 11) is 0. The lowest BCUT2D eigenvalue weighted by molar-refractivity contribution is 0.00474. The molecule has 10 bridgehead atoms. The maximum absolute atomic E-state index is 12.8. The fraction of sp³-hybridized carbons (Fsp3) is 0.462. The van der Waals surface area contributed by atoms with Crippen molar-refractivity contribution < 1.29 is 48.2 Å².